The average molecular weight is 343 g/mol. The minimum atomic E-state index is -0.255. The van der Waals surface area contributed by atoms with Crippen LogP contribution in [-0.4, -0.2) is 50.4 Å². The van der Waals surface area contributed by atoms with Gasteiger partial charge in [-0.2, -0.15) is 0 Å². The van der Waals surface area contributed by atoms with E-state index in [1.807, 2.05) is 38.2 Å². The predicted molar refractivity (Wildman–Crippen MR) is 82.7 cm³/mol. The molecule has 0 heterocycles. The molecule has 0 aliphatic heterocycles. The first-order chi connectivity index (χ1) is 9.32. The molecule has 0 saturated heterocycles. The lowest BCUT2D eigenvalue weighted by Crippen LogP contribution is -3.15. The molecule has 2 atom stereocenters. The van der Waals surface area contributed by atoms with Crippen LogP contribution in [0.25, 0.3) is 0 Å². The van der Waals surface area contributed by atoms with Gasteiger partial charge in [0.05, 0.1) is 12.7 Å². The van der Waals surface area contributed by atoms with Crippen LogP contribution in [0.3, 0.4) is 0 Å². The number of nitrogens with one attached hydrogen (secondary N) is 2. The van der Waals surface area contributed by atoms with E-state index in [2.05, 4.69) is 21.2 Å². The number of rotatable bonds is 5. The van der Waals surface area contributed by atoms with E-state index in [1.165, 1.54) is 0 Å². The largest absolute Gasteiger partial charge is 0.344 e. The number of nitrogens with zero attached hydrogens (tertiary/aromatic N) is 1. The number of anilines is 1. The van der Waals surface area contributed by atoms with Crippen LogP contribution >= 0.6 is 15.9 Å². The zero-order valence-electron chi connectivity index (χ0n) is 12.2. The van der Waals surface area contributed by atoms with E-state index in [4.69, 9.17) is 0 Å². The number of hydrogen-bond acceptors (Lipinski definition) is 2. The van der Waals surface area contributed by atoms with Gasteiger partial charge in [0, 0.05) is 18.6 Å². The summed E-state index contributed by atoms with van der Waals surface area (Å²) in [7, 11) is 5.27. The molecule has 2 amide bonds. The Hall–Kier alpha value is -1.40. The van der Waals surface area contributed by atoms with Crippen molar-refractivity contribution < 1.29 is 14.5 Å². The van der Waals surface area contributed by atoms with E-state index >= 15 is 0 Å². The molecule has 1 rings (SSSR count). The number of para-hydroxylation sites is 1. The monoisotopic (exact) mass is 342 g/mol. The van der Waals surface area contributed by atoms with Crippen LogP contribution in [-0.2, 0) is 9.59 Å². The molecule has 0 aliphatic carbocycles. The van der Waals surface area contributed by atoms with Gasteiger partial charge in [-0.1, -0.05) is 12.1 Å². The van der Waals surface area contributed by atoms with E-state index in [9.17, 15) is 9.59 Å². The Bertz CT molecular complexity index is 491. The average Bonchev–Trinajstić information content (AvgIpc) is 2.39. The van der Waals surface area contributed by atoms with Crippen LogP contribution in [0, 0.1) is 0 Å². The summed E-state index contributed by atoms with van der Waals surface area (Å²) in [6.07, 6.45) is 0. The van der Waals surface area contributed by atoms with Crippen LogP contribution in [0.4, 0.5) is 5.69 Å². The van der Waals surface area contributed by atoms with Gasteiger partial charge in [0.1, 0.15) is 0 Å². The van der Waals surface area contributed by atoms with Crippen LogP contribution < -0.4 is 10.2 Å². The summed E-state index contributed by atoms with van der Waals surface area (Å²) in [5.74, 6) is -0.107. The standard InChI is InChI=1S/C14H20BrN3O2/c1-10(14(20)17(2)3)18(4)9-13(19)16-12-8-6-5-7-11(12)15/h5-8,10H,9H2,1-4H3,(H,16,19)/p+1/t10-/m0/s1. The van der Waals surface area contributed by atoms with E-state index in [1.54, 1.807) is 19.0 Å². The molecule has 1 unspecified atom stereocenters. The third kappa shape index (κ3) is 4.61. The van der Waals surface area contributed by atoms with Crippen molar-refractivity contribution in [2.24, 2.45) is 0 Å². The third-order valence-corrected chi connectivity index (χ3v) is 3.83. The quantitative estimate of drug-likeness (QED) is 0.812. The van der Waals surface area contributed by atoms with Crippen LogP contribution in [0.2, 0.25) is 0 Å². The fourth-order valence-corrected chi connectivity index (χ4v) is 2.15. The van der Waals surface area contributed by atoms with Crippen molar-refractivity contribution in [2.45, 2.75) is 13.0 Å². The normalized spacial score (nSPS) is 13.4. The summed E-state index contributed by atoms with van der Waals surface area (Å²) in [5, 5.41) is 2.83. The molecule has 0 radical (unpaired) electrons. The van der Waals surface area contributed by atoms with Gasteiger partial charge in [0.25, 0.3) is 11.8 Å². The van der Waals surface area contributed by atoms with Crippen LogP contribution in [0.15, 0.2) is 28.7 Å². The Morgan fingerprint density at radius 3 is 2.50 bits per heavy atom. The SMILES string of the molecule is C[C@@H](C(=O)N(C)C)[NH+](C)CC(=O)Nc1ccccc1Br. The highest BCUT2D eigenvalue weighted by molar-refractivity contribution is 9.10. The first kappa shape index (κ1) is 16.7. The smallest absolute Gasteiger partial charge is 0.280 e. The lowest BCUT2D eigenvalue weighted by atomic mass is 10.2. The predicted octanol–water partition coefficient (Wildman–Crippen LogP) is 0.379. The molecule has 1 aromatic carbocycles. The number of quaternary nitrogens is 1. The summed E-state index contributed by atoms with van der Waals surface area (Å²) < 4.78 is 0.836. The number of likely N-dealkylation sites (N-methyl/N-ethyl adjacent to an activating group) is 2. The molecule has 0 fully saturated rings. The van der Waals surface area contributed by atoms with E-state index in [0.717, 1.165) is 15.1 Å². The topological polar surface area (TPSA) is 53.9 Å². The van der Waals surface area contributed by atoms with Gasteiger partial charge < -0.3 is 15.1 Å². The second kappa shape index (κ2) is 7.40. The molecule has 2 N–H and O–H groups in total. The van der Waals surface area contributed by atoms with E-state index in [0.29, 0.717) is 0 Å². The number of halogens is 1. The van der Waals surface area contributed by atoms with Gasteiger partial charge in [0.15, 0.2) is 12.6 Å². The zero-order valence-corrected chi connectivity index (χ0v) is 13.8. The Morgan fingerprint density at radius 1 is 1.35 bits per heavy atom. The molecular weight excluding hydrogens is 322 g/mol. The van der Waals surface area contributed by atoms with Gasteiger partial charge in [-0.15, -0.1) is 0 Å². The van der Waals surface area contributed by atoms with Gasteiger partial charge in [0.2, 0.25) is 0 Å². The molecule has 0 saturated carbocycles. The maximum absolute atomic E-state index is 12.0. The highest BCUT2D eigenvalue weighted by atomic mass is 79.9. The minimum absolute atomic E-state index is 0.0104. The summed E-state index contributed by atoms with van der Waals surface area (Å²) >= 11 is 3.38. The lowest BCUT2D eigenvalue weighted by molar-refractivity contribution is -0.886. The second-order valence-corrected chi connectivity index (χ2v) is 5.86. The number of amides is 2. The summed E-state index contributed by atoms with van der Waals surface area (Å²) in [5.41, 5.74) is 0.733. The molecule has 110 valence electrons. The maximum atomic E-state index is 12.0. The van der Waals surface area contributed by atoms with Gasteiger partial charge >= 0.3 is 0 Å². The number of hydrogen-bond donors (Lipinski definition) is 2. The summed E-state index contributed by atoms with van der Waals surface area (Å²) in [6.45, 7) is 2.06. The van der Waals surface area contributed by atoms with Crippen LogP contribution in [0.5, 0.6) is 0 Å². The molecule has 0 bridgehead atoms. The summed E-state index contributed by atoms with van der Waals surface area (Å²) in [4.78, 5) is 26.2. The van der Waals surface area contributed by atoms with Gasteiger partial charge in [-0.05, 0) is 35.0 Å². The van der Waals surface area contributed by atoms with Crippen molar-refractivity contribution >= 4 is 33.4 Å². The lowest BCUT2D eigenvalue weighted by Gasteiger charge is -2.23. The number of benzene rings is 1. The van der Waals surface area contributed by atoms with Crippen molar-refractivity contribution in [1.82, 2.24) is 4.90 Å². The number of carbonyl (C=O) groups excluding carboxylic acids is 2. The van der Waals surface area contributed by atoms with E-state index in [-0.39, 0.29) is 24.4 Å². The van der Waals surface area contributed by atoms with Crippen LogP contribution in [0.1, 0.15) is 6.92 Å². The first-order valence-electron chi connectivity index (χ1n) is 6.40. The van der Waals surface area contributed by atoms with Crippen molar-refractivity contribution in [2.75, 3.05) is 33.0 Å². The molecule has 5 nitrogen and oxygen atoms in total. The third-order valence-electron chi connectivity index (χ3n) is 3.14. The Kier molecular flexibility index (Phi) is 6.16. The molecule has 0 aromatic heterocycles. The Balaban J connectivity index is 2.58. The van der Waals surface area contributed by atoms with Gasteiger partial charge in [-0.3, -0.25) is 9.59 Å². The number of carbonyl (C=O) groups is 2. The van der Waals surface area contributed by atoms with E-state index < -0.39 is 0 Å². The van der Waals surface area contributed by atoms with Crippen molar-refractivity contribution in [1.29, 1.82) is 0 Å². The summed E-state index contributed by atoms with van der Waals surface area (Å²) in [6, 6.07) is 7.18. The highest BCUT2D eigenvalue weighted by Gasteiger charge is 2.25. The highest BCUT2D eigenvalue weighted by Crippen LogP contribution is 2.20. The Labute approximate surface area is 128 Å². The molecular formula is C14H21BrN3O2+. The molecule has 20 heavy (non-hydrogen) atoms. The molecule has 6 heteroatoms. The van der Waals surface area contributed by atoms with Crippen molar-refractivity contribution in [3.8, 4) is 0 Å². The molecule has 1 aromatic rings. The fraction of sp³-hybridized carbons (Fsp3) is 0.429. The van der Waals surface area contributed by atoms with Gasteiger partial charge in [-0.25, -0.2) is 0 Å². The second-order valence-electron chi connectivity index (χ2n) is 5.01. The molecule has 0 spiro atoms. The minimum Gasteiger partial charge on any atom is -0.344 e. The zero-order chi connectivity index (χ0) is 15.3. The fourth-order valence-electron chi connectivity index (χ4n) is 1.76. The first-order valence-corrected chi connectivity index (χ1v) is 7.20. The maximum Gasteiger partial charge on any atom is 0.280 e. The Morgan fingerprint density at radius 2 is 1.95 bits per heavy atom. The van der Waals surface area contributed by atoms with Crippen molar-refractivity contribution in [3.63, 3.8) is 0 Å². The van der Waals surface area contributed by atoms with Crippen molar-refractivity contribution in [3.05, 3.63) is 28.7 Å². The molecule has 0 aliphatic rings.